The molecule has 2 aromatic carbocycles. The summed E-state index contributed by atoms with van der Waals surface area (Å²) in [6.07, 6.45) is 0. The molecule has 0 atom stereocenters. The van der Waals surface area contributed by atoms with E-state index in [9.17, 15) is 12.8 Å². The fourth-order valence-corrected chi connectivity index (χ4v) is 5.87. The number of hydrogen-bond acceptors (Lipinski definition) is 6. The van der Waals surface area contributed by atoms with Crippen LogP contribution >= 0.6 is 23.6 Å². The summed E-state index contributed by atoms with van der Waals surface area (Å²) in [7, 11) is -3.48. The summed E-state index contributed by atoms with van der Waals surface area (Å²) < 4.78 is 43.4. The van der Waals surface area contributed by atoms with Gasteiger partial charge in [0.25, 0.3) is 0 Å². The van der Waals surface area contributed by atoms with Crippen molar-refractivity contribution in [2.45, 2.75) is 18.5 Å². The molecular weight excluding hydrogens is 457 g/mol. The van der Waals surface area contributed by atoms with Crippen LogP contribution in [0.2, 0.25) is 0 Å². The van der Waals surface area contributed by atoms with Crippen molar-refractivity contribution >= 4 is 44.4 Å². The molecule has 2 heterocycles. The van der Waals surface area contributed by atoms with E-state index in [2.05, 4.69) is 10.4 Å². The Morgan fingerprint density at radius 3 is 2.52 bits per heavy atom. The van der Waals surface area contributed by atoms with Crippen LogP contribution in [0.5, 0.6) is 0 Å². The number of hydrogen-bond donors (Lipinski definition) is 2. The molecule has 2 N–H and O–H groups in total. The van der Waals surface area contributed by atoms with Crippen molar-refractivity contribution in [3.63, 3.8) is 0 Å². The minimum atomic E-state index is -3.48. The topological polar surface area (TPSA) is 71.7 Å². The van der Waals surface area contributed by atoms with E-state index in [4.69, 9.17) is 12.2 Å². The van der Waals surface area contributed by atoms with Crippen LogP contribution in [0, 0.1) is 16.7 Å². The Kier molecular flexibility index (Phi) is 6.49. The van der Waals surface area contributed by atoms with Gasteiger partial charge in [0.1, 0.15) is 5.82 Å². The number of nitrogens with one attached hydrogen (secondary N) is 2. The molecule has 1 aliphatic heterocycles. The predicted octanol–water partition coefficient (Wildman–Crippen LogP) is 2.41. The molecule has 0 aliphatic carbocycles. The molecule has 4 rings (SSSR count). The van der Waals surface area contributed by atoms with Crippen LogP contribution in [0.1, 0.15) is 5.56 Å². The molecule has 1 saturated heterocycles. The van der Waals surface area contributed by atoms with Crippen LogP contribution in [0.25, 0.3) is 0 Å². The van der Waals surface area contributed by atoms with Gasteiger partial charge in [-0.3, -0.25) is 0 Å². The van der Waals surface area contributed by atoms with Gasteiger partial charge in [-0.05, 0) is 43.4 Å². The number of anilines is 2. The Labute approximate surface area is 189 Å². The molecule has 0 bridgehead atoms. The molecule has 0 amide bonds. The maximum absolute atomic E-state index is 13.9. The molecule has 1 aromatic heterocycles. The SMILES string of the molecule is Cc1ccc(S(=O)(=O)N2CC[NH+](Cn3nc(Nc4ccccc4F)sc3=S)CC2)cc1. The summed E-state index contributed by atoms with van der Waals surface area (Å²) in [5, 5.41) is 7.96. The fraction of sp³-hybridized carbons (Fsp3) is 0.300. The zero-order valence-corrected chi connectivity index (χ0v) is 19.4. The van der Waals surface area contributed by atoms with Gasteiger partial charge in [-0.25, -0.2) is 12.8 Å². The third-order valence-corrected chi connectivity index (χ3v) is 8.32. The lowest BCUT2D eigenvalue weighted by atomic mass is 10.2. The molecule has 11 heteroatoms. The quantitative estimate of drug-likeness (QED) is 0.531. The van der Waals surface area contributed by atoms with Crippen molar-refractivity contribution in [2.24, 2.45) is 0 Å². The van der Waals surface area contributed by atoms with Gasteiger partial charge >= 0.3 is 0 Å². The Bertz CT molecular complexity index is 1220. The molecule has 0 saturated carbocycles. The number of benzene rings is 2. The van der Waals surface area contributed by atoms with Crippen molar-refractivity contribution in [1.29, 1.82) is 0 Å². The van der Waals surface area contributed by atoms with E-state index < -0.39 is 10.0 Å². The van der Waals surface area contributed by atoms with Gasteiger partial charge in [-0.15, -0.1) is 5.10 Å². The van der Waals surface area contributed by atoms with E-state index in [0.29, 0.717) is 52.5 Å². The molecule has 0 unspecified atom stereocenters. The molecule has 7 nitrogen and oxygen atoms in total. The molecule has 1 fully saturated rings. The second-order valence-corrected chi connectivity index (χ2v) is 11.0. The highest BCUT2D eigenvalue weighted by Crippen LogP contribution is 2.22. The summed E-state index contributed by atoms with van der Waals surface area (Å²) in [4.78, 5) is 1.52. The third kappa shape index (κ3) is 5.01. The summed E-state index contributed by atoms with van der Waals surface area (Å²) in [5.41, 5.74) is 1.37. The Morgan fingerprint density at radius 1 is 1.16 bits per heavy atom. The molecule has 1 aliphatic rings. The largest absolute Gasteiger partial charge is 0.328 e. The van der Waals surface area contributed by atoms with Crippen LogP contribution in [0.15, 0.2) is 53.4 Å². The zero-order valence-electron chi connectivity index (χ0n) is 16.9. The van der Waals surface area contributed by atoms with Crippen LogP contribution in [0.3, 0.4) is 0 Å². The highest BCUT2D eigenvalue weighted by atomic mass is 32.2. The minimum absolute atomic E-state index is 0.326. The minimum Gasteiger partial charge on any atom is -0.328 e. The Morgan fingerprint density at radius 2 is 1.84 bits per heavy atom. The van der Waals surface area contributed by atoms with Crippen molar-refractivity contribution in [2.75, 3.05) is 31.5 Å². The number of para-hydroxylation sites is 1. The molecule has 3 aromatic rings. The van der Waals surface area contributed by atoms with Crippen molar-refractivity contribution in [3.8, 4) is 0 Å². The highest BCUT2D eigenvalue weighted by molar-refractivity contribution is 7.89. The summed E-state index contributed by atoms with van der Waals surface area (Å²) in [5.74, 6) is -0.355. The van der Waals surface area contributed by atoms with Crippen molar-refractivity contribution in [3.05, 3.63) is 63.9 Å². The lowest BCUT2D eigenvalue weighted by Gasteiger charge is -2.31. The maximum atomic E-state index is 13.9. The second-order valence-electron chi connectivity index (χ2n) is 7.40. The van der Waals surface area contributed by atoms with E-state index in [0.717, 1.165) is 5.56 Å². The van der Waals surface area contributed by atoms with Crippen molar-refractivity contribution < 1.29 is 17.7 Å². The van der Waals surface area contributed by atoms with E-state index >= 15 is 0 Å². The first-order valence-electron chi connectivity index (χ1n) is 9.83. The smallest absolute Gasteiger partial charge is 0.243 e. The maximum Gasteiger partial charge on any atom is 0.243 e. The normalized spacial score (nSPS) is 15.8. The Hall–Kier alpha value is -2.18. The first kappa shape index (κ1) is 22.0. The fourth-order valence-electron chi connectivity index (χ4n) is 3.41. The lowest BCUT2D eigenvalue weighted by Crippen LogP contribution is -3.14. The van der Waals surface area contributed by atoms with Crippen LogP contribution < -0.4 is 10.2 Å². The molecule has 164 valence electrons. The van der Waals surface area contributed by atoms with Crippen LogP contribution in [-0.4, -0.2) is 48.7 Å². The second kappa shape index (κ2) is 9.13. The number of sulfonamides is 1. The number of piperazine rings is 1. The molecule has 0 spiro atoms. The van der Waals surface area contributed by atoms with Gasteiger partial charge in [-0.2, -0.15) is 8.99 Å². The van der Waals surface area contributed by atoms with Gasteiger partial charge < -0.3 is 10.2 Å². The molecule has 31 heavy (non-hydrogen) atoms. The number of nitrogens with zero attached hydrogens (tertiary/aromatic N) is 3. The summed E-state index contributed by atoms with van der Waals surface area (Å²) in [6, 6.07) is 13.3. The van der Waals surface area contributed by atoms with E-state index in [-0.39, 0.29) is 5.82 Å². The van der Waals surface area contributed by atoms with E-state index in [1.165, 1.54) is 26.6 Å². The first-order chi connectivity index (χ1) is 14.8. The monoisotopic (exact) mass is 480 g/mol. The van der Waals surface area contributed by atoms with E-state index in [1.807, 2.05) is 19.1 Å². The lowest BCUT2D eigenvalue weighted by molar-refractivity contribution is -0.926. The van der Waals surface area contributed by atoms with Gasteiger partial charge in [0, 0.05) is 0 Å². The van der Waals surface area contributed by atoms with E-state index in [1.54, 1.807) is 35.0 Å². The number of halogens is 1. The summed E-state index contributed by atoms with van der Waals surface area (Å²) in [6.45, 7) is 4.64. The number of rotatable bonds is 6. The predicted molar refractivity (Wildman–Crippen MR) is 121 cm³/mol. The number of aromatic nitrogens is 2. The van der Waals surface area contributed by atoms with Gasteiger partial charge in [0.05, 0.1) is 36.8 Å². The number of quaternary nitrogens is 1. The standard InChI is InChI=1S/C20H22FN5O2S3/c1-15-6-8-16(9-7-15)31(27,28)25-12-10-24(11-13-25)14-26-20(29)30-19(23-26)22-18-5-3-2-4-17(18)21/h2-9H,10-14H2,1H3,(H,22,23)/p+1. The molecule has 0 radical (unpaired) electrons. The van der Waals surface area contributed by atoms with Crippen molar-refractivity contribution in [1.82, 2.24) is 14.1 Å². The van der Waals surface area contributed by atoms with Gasteiger partial charge in [0.2, 0.25) is 15.2 Å². The van der Waals surface area contributed by atoms with Crippen LogP contribution in [-0.2, 0) is 16.7 Å². The molecular formula is C20H23FN5O2S3+. The van der Waals surface area contributed by atoms with Gasteiger partial charge in [-0.1, -0.05) is 41.2 Å². The Balaban J connectivity index is 1.38. The summed E-state index contributed by atoms with van der Waals surface area (Å²) >= 11 is 6.69. The average molecular weight is 481 g/mol. The number of aryl methyl sites for hydroxylation is 1. The van der Waals surface area contributed by atoms with Gasteiger partial charge in [0.15, 0.2) is 10.6 Å². The third-order valence-electron chi connectivity index (χ3n) is 5.18. The highest BCUT2D eigenvalue weighted by Gasteiger charge is 2.30. The zero-order chi connectivity index (χ0) is 22.0. The first-order valence-corrected chi connectivity index (χ1v) is 12.5. The van der Waals surface area contributed by atoms with Crippen LogP contribution in [0.4, 0.5) is 15.2 Å². The average Bonchev–Trinajstić information content (AvgIpc) is 3.09.